The van der Waals surface area contributed by atoms with Gasteiger partial charge < -0.3 is 5.32 Å². The topological polar surface area (TPSA) is 72.7 Å². The molecule has 134 valence electrons. The van der Waals surface area contributed by atoms with E-state index < -0.39 is 0 Å². The van der Waals surface area contributed by atoms with Crippen molar-refractivity contribution in [2.45, 2.75) is 25.0 Å². The molecule has 0 radical (unpaired) electrons. The van der Waals surface area contributed by atoms with Crippen molar-refractivity contribution >= 4 is 29.3 Å². The minimum Gasteiger partial charge on any atom is -0.352 e. The molecule has 1 aromatic heterocycles. The molecule has 0 spiro atoms. The summed E-state index contributed by atoms with van der Waals surface area (Å²) in [5.74, 6) is 0.549. The summed E-state index contributed by atoms with van der Waals surface area (Å²) < 4.78 is 1.68. The highest BCUT2D eigenvalue weighted by molar-refractivity contribution is 7.99. The van der Waals surface area contributed by atoms with Crippen molar-refractivity contribution in [3.05, 3.63) is 64.7 Å². The Morgan fingerprint density at radius 3 is 2.88 bits per heavy atom. The molecule has 1 heterocycles. The number of amides is 1. The van der Waals surface area contributed by atoms with Crippen LogP contribution in [0.2, 0.25) is 5.02 Å². The third kappa shape index (κ3) is 4.83. The van der Waals surface area contributed by atoms with Crippen LogP contribution in [0.1, 0.15) is 17.5 Å². The molecule has 0 aliphatic carbocycles. The second-order valence-electron chi connectivity index (χ2n) is 5.68. The Labute approximate surface area is 160 Å². The molecule has 1 N–H and O–H groups in total. The summed E-state index contributed by atoms with van der Waals surface area (Å²) in [5, 5.41) is 16.0. The van der Waals surface area contributed by atoms with Gasteiger partial charge in [-0.2, -0.15) is 4.68 Å². The molecule has 0 fully saturated rings. The van der Waals surface area contributed by atoms with Gasteiger partial charge in [0.25, 0.3) is 0 Å². The third-order valence-corrected chi connectivity index (χ3v) is 4.97. The number of nitrogens with one attached hydrogen (secondary N) is 1. The van der Waals surface area contributed by atoms with Crippen LogP contribution in [0.15, 0.2) is 53.7 Å². The minimum atomic E-state index is -0.0352. The normalized spacial score (nSPS) is 10.7. The van der Waals surface area contributed by atoms with E-state index >= 15 is 0 Å². The number of halogens is 1. The van der Waals surface area contributed by atoms with E-state index in [2.05, 4.69) is 20.8 Å². The van der Waals surface area contributed by atoms with Crippen LogP contribution in [0.25, 0.3) is 5.69 Å². The molecule has 0 aliphatic heterocycles. The first-order valence-corrected chi connectivity index (χ1v) is 9.48. The van der Waals surface area contributed by atoms with Crippen molar-refractivity contribution in [3.63, 3.8) is 0 Å². The second-order valence-corrected chi connectivity index (χ2v) is 7.15. The molecule has 2 aromatic carbocycles. The number of hydrogen-bond acceptors (Lipinski definition) is 5. The quantitative estimate of drug-likeness (QED) is 0.629. The molecule has 0 bridgehead atoms. The monoisotopic (exact) mass is 387 g/mol. The Balaban J connectivity index is 1.50. The van der Waals surface area contributed by atoms with Crippen LogP contribution < -0.4 is 5.32 Å². The van der Waals surface area contributed by atoms with E-state index in [0.717, 1.165) is 16.8 Å². The predicted molar refractivity (Wildman–Crippen MR) is 103 cm³/mol. The Hall–Kier alpha value is -2.38. The van der Waals surface area contributed by atoms with Gasteiger partial charge in [-0.15, -0.1) is 5.10 Å². The average molecular weight is 388 g/mol. The number of benzene rings is 2. The van der Waals surface area contributed by atoms with Crippen LogP contribution in [-0.2, 0) is 11.3 Å². The Morgan fingerprint density at radius 1 is 1.23 bits per heavy atom. The molecular weight excluding hydrogens is 370 g/mol. The van der Waals surface area contributed by atoms with Crippen LogP contribution in [0, 0.1) is 6.92 Å². The SMILES string of the molecule is Cc1cccc(-n2nnnc2SCCC(=O)NCc2ccccc2Cl)c1. The van der Waals surface area contributed by atoms with E-state index in [4.69, 9.17) is 11.6 Å². The fourth-order valence-electron chi connectivity index (χ4n) is 2.35. The summed E-state index contributed by atoms with van der Waals surface area (Å²) in [4.78, 5) is 12.0. The van der Waals surface area contributed by atoms with Gasteiger partial charge >= 0.3 is 0 Å². The molecule has 3 rings (SSSR count). The number of aromatic nitrogens is 4. The molecule has 26 heavy (non-hydrogen) atoms. The fraction of sp³-hybridized carbons (Fsp3) is 0.222. The zero-order valence-electron chi connectivity index (χ0n) is 14.2. The lowest BCUT2D eigenvalue weighted by atomic mass is 10.2. The third-order valence-electron chi connectivity index (χ3n) is 3.68. The van der Waals surface area contributed by atoms with Crippen LogP contribution >= 0.6 is 23.4 Å². The van der Waals surface area contributed by atoms with Crippen molar-refractivity contribution in [3.8, 4) is 5.69 Å². The lowest BCUT2D eigenvalue weighted by molar-refractivity contribution is -0.120. The van der Waals surface area contributed by atoms with Crippen LogP contribution in [-0.4, -0.2) is 31.9 Å². The highest BCUT2D eigenvalue weighted by Crippen LogP contribution is 2.19. The summed E-state index contributed by atoms with van der Waals surface area (Å²) in [5.41, 5.74) is 2.94. The summed E-state index contributed by atoms with van der Waals surface area (Å²) in [6.45, 7) is 2.44. The second kappa shape index (κ2) is 8.82. The number of thioether (sulfide) groups is 1. The minimum absolute atomic E-state index is 0.0352. The molecule has 0 unspecified atom stereocenters. The highest BCUT2D eigenvalue weighted by atomic mass is 35.5. The van der Waals surface area contributed by atoms with Gasteiger partial charge in [-0.1, -0.05) is 53.7 Å². The maximum atomic E-state index is 12.0. The summed E-state index contributed by atoms with van der Waals surface area (Å²) in [7, 11) is 0. The molecule has 1 amide bonds. The number of tetrazole rings is 1. The van der Waals surface area contributed by atoms with Crippen LogP contribution in [0.3, 0.4) is 0 Å². The van der Waals surface area contributed by atoms with Gasteiger partial charge in [0.15, 0.2) is 0 Å². The van der Waals surface area contributed by atoms with Gasteiger partial charge in [-0.05, 0) is 46.7 Å². The number of carbonyl (C=O) groups is 1. The molecule has 0 aliphatic rings. The average Bonchev–Trinajstić information content (AvgIpc) is 3.09. The maximum absolute atomic E-state index is 12.0. The predicted octanol–water partition coefficient (Wildman–Crippen LogP) is 3.42. The first kappa shape index (κ1) is 18.4. The Morgan fingerprint density at radius 2 is 2.08 bits per heavy atom. The first-order chi connectivity index (χ1) is 12.6. The molecule has 0 atom stereocenters. The Kier molecular flexibility index (Phi) is 6.25. The number of rotatable bonds is 7. The summed E-state index contributed by atoms with van der Waals surface area (Å²) in [6.07, 6.45) is 0.371. The van der Waals surface area contributed by atoms with Gasteiger partial charge in [0.2, 0.25) is 11.1 Å². The van der Waals surface area contributed by atoms with Gasteiger partial charge in [-0.3, -0.25) is 4.79 Å². The van der Waals surface area contributed by atoms with Crippen molar-refractivity contribution in [1.82, 2.24) is 25.5 Å². The van der Waals surface area contributed by atoms with Crippen molar-refractivity contribution in [2.24, 2.45) is 0 Å². The molecular formula is C18H18ClN5OS. The van der Waals surface area contributed by atoms with E-state index in [-0.39, 0.29) is 5.91 Å². The van der Waals surface area contributed by atoms with Crippen LogP contribution in [0.5, 0.6) is 0 Å². The van der Waals surface area contributed by atoms with Gasteiger partial charge in [0.1, 0.15) is 0 Å². The van der Waals surface area contributed by atoms with Crippen molar-refractivity contribution < 1.29 is 4.79 Å². The molecule has 8 heteroatoms. The molecule has 3 aromatic rings. The number of nitrogens with zero attached hydrogens (tertiary/aromatic N) is 4. The maximum Gasteiger partial charge on any atom is 0.221 e. The lowest BCUT2D eigenvalue weighted by Gasteiger charge is -2.07. The molecule has 6 nitrogen and oxygen atoms in total. The first-order valence-electron chi connectivity index (χ1n) is 8.12. The number of hydrogen-bond donors (Lipinski definition) is 1. The number of aryl methyl sites for hydroxylation is 1. The highest BCUT2D eigenvalue weighted by Gasteiger charge is 2.10. The van der Waals surface area contributed by atoms with Crippen LogP contribution in [0.4, 0.5) is 0 Å². The largest absolute Gasteiger partial charge is 0.352 e. The standard InChI is InChI=1S/C18H18ClN5OS/c1-13-5-4-7-15(11-13)24-18(21-22-23-24)26-10-9-17(25)20-12-14-6-2-3-8-16(14)19/h2-8,11H,9-10,12H2,1H3,(H,20,25). The van der Waals surface area contributed by atoms with Gasteiger partial charge in [0, 0.05) is 23.7 Å². The lowest BCUT2D eigenvalue weighted by Crippen LogP contribution is -2.23. The van der Waals surface area contributed by atoms with E-state index in [1.54, 1.807) is 4.68 Å². The van der Waals surface area contributed by atoms with Crippen molar-refractivity contribution in [2.75, 3.05) is 5.75 Å². The zero-order chi connectivity index (χ0) is 18.4. The smallest absolute Gasteiger partial charge is 0.221 e. The van der Waals surface area contributed by atoms with E-state index in [0.29, 0.717) is 28.9 Å². The van der Waals surface area contributed by atoms with Crippen molar-refractivity contribution in [1.29, 1.82) is 0 Å². The van der Waals surface area contributed by atoms with Gasteiger partial charge in [0.05, 0.1) is 5.69 Å². The van der Waals surface area contributed by atoms with E-state index in [9.17, 15) is 4.79 Å². The fourth-order valence-corrected chi connectivity index (χ4v) is 3.38. The molecule has 0 saturated heterocycles. The summed E-state index contributed by atoms with van der Waals surface area (Å²) in [6, 6.07) is 15.4. The zero-order valence-corrected chi connectivity index (χ0v) is 15.8. The van der Waals surface area contributed by atoms with E-state index in [1.807, 2.05) is 55.5 Å². The molecule has 0 saturated carbocycles. The Bertz CT molecular complexity index is 899. The van der Waals surface area contributed by atoms with Gasteiger partial charge in [-0.25, -0.2) is 0 Å². The number of carbonyl (C=O) groups excluding carboxylic acids is 1. The summed E-state index contributed by atoms with van der Waals surface area (Å²) >= 11 is 7.53. The van der Waals surface area contributed by atoms with E-state index in [1.165, 1.54) is 11.8 Å².